The SMILES string of the molecule is CCC(=O)NC1CC(CN)C1. The van der Waals surface area contributed by atoms with Crippen molar-refractivity contribution in [1.29, 1.82) is 0 Å². The van der Waals surface area contributed by atoms with Gasteiger partial charge in [0, 0.05) is 12.5 Å². The van der Waals surface area contributed by atoms with Crippen molar-refractivity contribution in [1.82, 2.24) is 5.32 Å². The molecule has 0 saturated heterocycles. The molecule has 64 valence electrons. The smallest absolute Gasteiger partial charge is 0.219 e. The van der Waals surface area contributed by atoms with Gasteiger partial charge in [-0.3, -0.25) is 4.79 Å². The molecule has 0 heterocycles. The lowest BCUT2D eigenvalue weighted by molar-refractivity contribution is -0.122. The molecule has 3 nitrogen and oxygen atoms in total. The lowest BCUT2D eigenvalue weighted by Crippen LogP contribution is -2.46. The number of rotatable bonds is 3. The van der Waals surface area contributed by atoms with Gasteiger partial charge in [-0.1, -0.05) is 6.92 Å². The maximum Gasteiger partial charge on any atom is 0.219 e. The van der Waals surface area contributed by atoms with E-state index < -0.39 is 0 Å². The predicted molar refractivity (Wildman–Crippen MR) is 44.0 cm³/mol. The molecule has 11 heavy (non-hydrogen) atoms. The van der Waals surface area contributed by atoms with Gasteiger partial charge in [0.15, 0.2) is 0 Å². The van der Waals surface area contributed by atoms with E-state index in [4.69, 9.17) is 5.73 Å². The molecule has 1 aliphatic carbocycles. The fraction of sp³-hybridized carbons (Fsp3) is 0.875. The topological polar surface area (TPSA) is 55.1 Å². The minimum atomic E-state index is 0.158. The van der Waals surface area contributed by atoms with Crippen LogP contribution in [0.15, 0.2) is 0 Å². The van der Waals surface area contributed by atoms with E-state index in [9.17, 15) is 4.79 Å². The third-order valence-electron chi connectivity index (χ3n) is 2.26. The van der Waals surface area contributed by atoms with E-state index in [2.05, 4.69) is 5.32 Å². The summed E-state index contributed by atoms with van der Waals surface area (Å²) in [7, 11) is 0. The van der Waals surface area contributed by atoms with E-state index >= 15 is 0 Å². The van der Waals surface area contributed by atoms with Crippen molar-refractivity contribution in [2.45, 2.75) is 32.2 Å². The Bertz CT molecular complexity index is 141. The van der Waals surface area contributed by atoms with Gasteiger partial charge in [-0.25, -0.2) is 0 Å². The number of nitrogens with two attached hydrogens (primary N) is 1. The molecule has 1 aliphatic rings. The number of hydrogen-bond acceptors (Lipinski definition) is 2. The number of carbonyl (C=O) groups is 1. The van der Waals surface area contributed by atoms with Crippen molar-refractivity contribution in [3.63, 3.8) is 0 Å². The molecule has 3 heteroatoms. The molecule has 1 rings (SSSR count). The highest BCUT2D eigenvalue weighted by Crippen LogP contribution is 2.25. The highest BCUT2D eigenvalue weighted by atomic mass is 16.1. The lowest BCUT2D eigenvalue weighted by Gasteiger charge is -2.34. The van der Waals surface area contributed by atoms with Crippen molar-refractivity contribution >= 4 is 5.91 Å². The first-order chi connectivity index (χ1) is 5.26. The van der Waals surface area contributed by atoms with Crippen LogP contribution >= 0.6 is 0 Å². The summed E-state index contributed by atoms with van der Waals surface area (Å²) >= 11 is 0. The molecule has 0 aromatic rings. The van der Waals surface area contributed by atoms with Gasteiger partial charge in [-0.05, 0) is 25.3 Å². The number of hydrogen-bond donors (Lipinski definition) is 2. The second kappa shape index (κ2) is 3.72. The Morgan fingerprint density at radius 1 is 1.64 bits per heavy atom. The summed E-state index contributed by atoms with van der Waals surface area (Å²) in [5.41, 5.74) is 5.45. The van der Waals surface area contributed by atoms with Crippen LogP contribution in [0.1, 0.15) is 26.2 Å². The molecule has 1 amide bonds. The highest BCUT2D eigenvalue weighted by molar-refractivity contribution is 5.75. The summed E-state index contributed by atoms with van der Waals surface area (Å²) < 4.78 is 0. The van der Waals surface area contributed by atoms with Gasteiger partial charge in [-0.2, -0.15) is 0 Å². The molecule has 0 aliphatic heterocycles. The van der Waals surface area contributed by atoms with E-state index in [1.165, 1.54) is 0 Å². The van der Waals surface area contributed by atoms with Crippen LogP contribution in [-0.2, 0) is 4.79 Å². The van der Waals surface area contributed by atoms with E-state index in [1.807, 2.05) is 6.92 Å². The molecule has 0 radical (unpaired) electrons. The molecule has 0 bridgehead atoms. The van der Waals surface area contributed by atoms with E-state index in [1.54, 1.807) is 0 Å². The van der Waals surface area contributed by atoms with Crippen molar-refractivity contribution in [2.75, 3.05) is 6.54 Å². The first-order valence-electron chi connectivity index (χ1n) is 4.25. The molecular formula is C8H16N2O. The molecular weight excluding hydrogens is 140 g/mol. The van der Waals surface area contributed by atoms with Crippen LogP contribution < -0.4 is 11.1 Å². The Morgan fingerprint density at radius 2 is 2.27 bits per heavy atom. The maximum atomic E-state index is 10.9. The number of nitrogens with one attached hydrogen (secondary N) is 1. The molecule has 0 unspecified atom stereocenters. The Labute approximate surface area is 67.3 Å². The monoisotopic (exact) mass is 156 g/mol. The van der Waals surface area contributed by atoms with Gasteiger partial charge < -0.3 is 11.1 Å². The zero-order chi connectivity index (χ0) is 8.27. The first kappa shape index (κ1) is 8.53. The van der Waals surface area contributed by atoms with Gasteiger partial charge >= 0.3 is 0 Å². The molecule has 0 spiro atoms. The van der Waals surface area contributed by atoms with Crippen LogP contribution in [0.4, 0.5) is 0 Å². The van der Waals surface area contributed by atoms with E-state index in [0.717, 1.165) is 19.4 Å². The molecule has 0 aromatic carbocycles. The van der Waals surface area contributed by atoms with Crippen molar-refractivity contribution < 1.29 is 4.79 Å². The predicted octanol–water partition coefficient (Wildman–Crippen LogP) is 0.250. The largest absolute Gasteiger partial charge is 0.353 e. The van der Waals surface area contributed by atoms with Gasteiger partial charge in [0.2, 0.25) is 5.91 Å². The van der Waals surface area contributed by atoms with Crippen LogP contribution in [0.5, 0.6) is 0 Å². The third-order valence-corrected chi connectivity index (χ3v) is 2.26. The third kappa shape index (κ3) is 2.19. The highest BCUT2D eigenvalue weighted by Gasteiger charge is 2.28. The van der Waals surface area contributed by atoms with Gasteiger partial charge in [0.05, 0.1) is 0 Å². The van der Waals surface area contributed by atoms with Gasteiger partial charge in [0.25, 0.3) is 0 Å². The standard InChI is InChI=1S/C8H16N2O/c1-2-8(11)10-7-3-6(4-7)5-9/h6-7H,2-5,9H2,1H3,(H,10,11). The number of amides is 1. The van der Waals surface area contributed by atoms with Crippen LogP contribution in [-0.4, -0.2) is 18.5 Å². The fourth-order valence-corrected chi connectivity index (χ4v) is 1.38. The summed E-state index contributed by atoms with van der Waals surface area (Å²) in [6.07, 6.45) is 2.73. The number of carbonyl (C=O) groups excluding carboxylic acids is 1. The van der Waals surface area contributed by atoms with Crippen LogP contribution in [0.3, 0.4) is 0 Å². The van der Waals surface area contributed by atoms with Crippen LogP contribution in [0, 0.1) is 5.92 Å². The lowest BCUT2D eigenvalue weighted by atomic mass is 9.80. The van der Waals surface area contributed by atoms with Crippen molar-refractivity contribution in [3.05, 3.63) is 0 Å². The molecule has 0 aromatic heterocycles. The van der Waals surface area contributed by atoms with Crippen molar-refractivity contribution in [3.8, 4) is 0 Å². The Morgan fingerprint density at radius 3 is 2.73 bits per heavy atom. The summed E-state index contributed by atoms with van der Waals surface area (Å²) in [5, 5.41) is 2.94. The average molecular weight is 156 g/mol. The van der Waals surface area contributed by atoms with Crippen molar-refractivity contribution in [2.24, 2.45) is 11.7 Å². The quantitative estimate of drug-likeness (QED) is 0.615. The summed E-state index contributed by atoms with van der Waals surface area (Å²) in [5.74, 6) is 0.808. The van der Waals surface area contributed by atoms with E-state index in [-0.39, 0.29) is 5.91 Å². The molecule has 1 fully saturated rings. The Kier molecular flexibility index (Phi) is 2.88. The minimum absolute atomic E-state index is 0.158. The summed E-state index contributed by atoms with van der Waals surface area (Å²) in [6.45, 7) is 2.63. The Hall–Kier alpha value is -0.570. The Balaban J connectivity index is 2.08. The second-order valence-corrected chi connectivity index (χ2v) is 3.19. The second-order valence-electron chi connectivity index (χ2n) is 3.19. The van der Waals surface area contributed by atoms with Crippen LogP contribution in [0.2, 0.25) is 0 Å². The minimum Gasteiger partial charge on any atom is -0.353 e. The van der Waals surface area contributed by atoms with Gasteiger partial charge in [-0.15, -0.1) is 0 Å². The summed E-state index contributed by atoms with van der Waals surface area (Å²) in [4.78, 5) is 10.9. The molecule has 0 atom stereocenters. The maximum absolute atomic E-state index is 10.9. The van der Waals surface area contributed by atoms with Gasteiger partial charge in [0.1, 0.15) is 0 Å². The van der Waals surface area contributed by atoms with Crippen LogP contribution in [0.25, 0.3) is 0 Å². The average Bonchev–Trinajstić information content (AvgIpc) is 1.95. The normalized spacial score (nSPS) is 29.3. The molecule has 3 N–H and O–H groups in total. The molecule has 1 saturated carbocycles. The van der Waals surface area contributed by atoms with E-state index in [0.29, 0.717) is 18.4 Å². The first-order valence-corrected chi connectivity index (χ1v) is 4.25. The zero-order valence-electron chi connectivity index (χ0n) is 6.97. The zero-order valence-corrected chi connectivity index (χ0v) is 6.97. The summed E-state index contributed by atoms with van der Waals surface area (Å²) in [6, 6.07) is 0.413. The fourth-order valence-electron chi connectivity index (χ4n) is 1.38.